The molecule has 0 bridgehead atoms. The van der Waals surface area contributed by atoms with Crippen LogP contribution in [-0.2, 0) is 10.0 Å². The van der Waals surface area contributed by atoms with Crippen LogP contribution in [0.5, 0.6) is 0 Å². The second-order valence-corrected chi connectivity index (χ2v) is 11.2. The number of benzene rings is 1. The fourth-order valence-corrected chi connectivity index (χ4v) is 4.86. The molecule has 2 fully saturated rings. The van der Waals surface area contributed by atoms with Gasteiger partial charge in [0.15, 0.2) is 0 Å². The van der Waals surface area contributed by atoms with Crippen molar-refractivity contribution in [2.75, 3.05) is 47.5 Å². The van der Waals surface area contributed by atoms with Gasteiger partial charge in [0.25, 0.3) is 5.91 Å². The molecule has 34 heavy (non-hydrogen) atoms. The molecule has 1 aliphatic carbocycles. The Kier molecular flexibility index (Phi) is 7.22. The van der Waals surface area contributed by atoms with Crippen LogP contribution in [0.3, 0.4) is 0 Å². The number of carbonyl (C=O) groups is 1. The van der Waals surface area contributed by atoms with Crippen molar-refractivity contribution in [1.82, 2.24) is 19.6 Å². The van der Waals surface area contributed by atoms with Crippen LogP contribution in [0.2, 0.25) is 0 Å². The molecule has 0 spiro atoms. The van der Waals surface area contributed by atoms with Crippen LogP contribution >= 0.6 is 0 Å². The van der Waals surface area contributed by atoms with Crippen molar-refractivity contribution < 1.29 is 13.2 Å². The summed E-state index contributed by atoms with van der Waals surface area (Å²) in [6.07, 6.45) is 3.69. The van der Waals surface area contributed by atoms with Crippen molar-refractivity contribution in [3.63, 3.8) is 0 Å². The minimum absolute atomic E-state index is 0.0246. The number of amides is 1. The summed E-state index contributed by atoms with van der Waals surface area (Å²) in [6, 6.07) is 8.26. The van der Waals surface area contributed by atoms with Crippen LogP contribution in [0, 0.1) is 0 Å². The molecule has 3 N–H and O–H groups in total. The molecule has 0 radical (unpaired) electrons. The van der Waals surface area contributed by atoms with Gasteiger partial charge >= 0.3 is 0 Å². The first kappa shape index (κ1) is 24.2. The molecule has 1 saturated carbocycles. The standard InChI is InChI=1S/C23H33N7O3S/c1-4-34(32,33)30-13-11-29(12-14-30)19-9-7-18(8-10-19)27-23-24-15-20(22(31)25-16(2)3)21(28-23)26-17-5-6-17/h7-10,15-17H,4-6,11-14H2,1-3H3,(H,25,31)(H2,24,26,27,28). The van der Waals surface area contributed by atoms with Crippen LogP contribution in [0.1, 0.15) is 44.0 Å². The van der Waals surface area contributed by atoms with E-state index in [1.165, 1.54) is 0 Å². The lowest BCUT2D eigenvalue weighted by atomic mass is 10.2. The third-order valence-corrected chi connectivity index (χ3v) is 7.74. The van der Waals surface area contributed by atoms with Crippen molar-refractivity contribution in [3.05, 3.63) is 36.0 Å². The number of piperazine rings is 1. The topological polar surface area (TPSA) is 120 Å². The Labute approximate surface area is 201 Å². The monoisotopic (exact) mass is 487 g/mol. The predicted molar refractivity (Wildman–Crippen MR) is 134 cm³/mol. The molecule has 2 aliphatic rings. The molecule has 184 valence electrons. The van der Waals surface area contributed by atoms with Crippen LogP contribution in [0.15, 0.2) is 30.5 Å². The minimum atomic E-state index is -3.14. The Morgan fingerprint density at radius 1 is 1.12 bits per heavy atom. The third kappa shape index (κ3) is 5.95. The quantitative estimate of drug-likeness (QED) is 0.493. The van der Waals surface area contributed by atoms with Crippen molar-refractivity contribution >= 4 is 39.1 Å². The molecular weight excluding hydrogens is 454 g/mol. The molecule has 1 aromatic carbocycles. The zero-order valence-corrected chi connectivity index (χ0v) is 20.7. The summed E-state index contributed by atoms with van der Waals surface area (Å²) in [6.45, 7) is 7.82. The fraction of sp³-hybridized carbons (Fsp3) is 0.522. The molecule has 2 aromatic rings. The Bertz CT molecular complexity index is 1110. The lowest BCUT2D eigenvalue weighted by Gasteiger charge is -2.35. The summed E-state index contributed by atoms with van der Waals surface area (Å²) in [7, 11) is -3.14. The van der Waals surface area contributed by atoms with Crippen molar-refractivity contribution in [1.29, 1.82) is 0 Å². The lowest BCUT2D eigenvalue weighted by molar-refractivity contribution is 0.0943. The van der Waals surface area contributed by atoms with Gasteiger partial charge in [-0.2, -0.15) is 9.29 Å². The molecular formula is C23H33N7O3S. The van der Waals surface area contributed by atoms with Gasteiger partial charge < -0.3 is 20.9 Å². The van der Waals surface area contributed by atoms with E-state index in [4.69, 9.17) is 0 Å². The molecule has 0 unspecified atom stereocenters. The van der Waals surface area contributed by atoms with Gasteiger partial charge in [0.2, 0.25) is 16.0 Å². The number of carbonyl (C=O) groups excluding carboxylic acids is 1. The predicted octanol–water partition coefficient (Wildman–Crippen LogP) is 2.40. The summed E-state index contributed by atoms with van der Waals surface area (Å²) < 4.78 is 25.7. The number of anilines is 4. The Morgan fingerprint density at radius 2 is 1.79 bits per heavy atom. The summed E-state index contributed by atoms with van der Waals surface area (Å²) in [5.74, 6) is 0.891. The van der Waals surface area contributed by atoms with Gasteiger partial charge in [-0.05, 0) is 57.9 Å². The number of nitrogens with zero attached hydrogens (tertiary/aromatic N) is 4. The van der Waals surface area contributed by atoms with Gasteiger partial charge in [0.05, 0.1) is 5.75 Å². The highest BCUT2D eigenvalue weighted by Gasteiger charge is 2.26. The molecule has 11 heteroatoms. The van der Waals surface area contributed by atoms with Crippen LogP contribution in [-0.4, -0.2) is 72.6 Å². The maximum Gasteiger partial charge on any atom is 0.256 e. The van der Waals surface area contributed by atoms with E-state index in [0.29, 0.717) is 49.6 Å². The Balaban J connectivity index is 1.41. The van der Waals surface area contributed by atoms with Crippen molar-refractivity contribution in [2.45, 2.75) is 45.7 Å². The van der Waals surface area contributed by atoms with E-state index in [1.807, 2.05) is 38.1 Å². The first-order valence-corrected chi connectivity index (χ1v) is 13.4. The van der Waals surface area contributed by atoms with E-state index < -0.39 is 10.0 Å². The summed E-state index contributed by atoms with van der Waals surface area (Å²) in [5.41, 5.74) is 2.30. The van der Waals surface area contributed by atoms with Gasteiger partial charge in [0.1, 0.15) is 11.4 Å². The van der Waals surface area contributed by atoms with E-state index in [1.54, 1.807) is 17.4 Å². The van der Waals surface area contributed by atoms with E-state index in [-0.39, 0.29) is 17.7 Å². The maximum absolute atomic E-state index is 12.5. The molecule has 1 amide bonds. The zero-order chi connectivity index (χ0) is 24.3. The summed E-state index contributed by atoms with van der Waals surface area (Å²) in [4.78, 5) is 23.6. The number of aromatic nitrogens is 2. The molecule has 0 atom stereocenters. The fourth-order valence-electron chi connectivity index (χ4n) is 3.77. The maximum atomic E-state index is 12.5. The van der Waals surface area contributed by atoms with Crippen molar-refractivity contribution in [3.8, 4) is 0 Å². The highest BCUT2D eigenvalue weighted by Crippen LogP contribution is 2.27. The van der Waals surface area contributed by atoms with Crippen LogP contribution < -0.4 is 20.9 Å². The second kappa shape index (κ2) is 10.1. The van der Waals surface area contributed by atoms with Gasteiger partial charge in [0, 0.05) is 55.8 Å². The van der Waals surface area contributed by atoms with Crippen LogP contribution in [0.25, 0.3) is 0 Å². The first-order chi connectivity index (χ1) is 16.2. The molecule has 1 saturated heterocycles. The zero-order valence-electron chi connectivity index (χ0n) is 19.9. The van der Waals surface area contributed by atoms with E-state index in [9.17, 15) is 13.2 Å². The SMILES string of the molecule is CCS(=O)(=O)N1CCN(c2ccc(Nc3ncc(C(=O)NC(C)C)c(NC4CC4)n3)cc2)CC1. The summed E-state index contributed by atoms with van der Waals surface area (Å²) >= 11 is 0. The number of sulfonamides is 1. The van der Waals surface area contributed by atoms with Gasteiger partial charge in [-0.1, -0.05) is 0 Å². The van der Waals surface area contributed by atoms with Crippen LogP contribution in [0.4, 0.5) is 23.1 Å². The minimum Gasteiger partial charge on any atom is -0.369 e. The number of rotatable bonds is 9. The smallest absolute Gasteiger partial charge is 0.256 e. The molecule has 1 aromatic heterocycles. The average molecular weight is 488 g/mol. The average Bonchev–Trinajstić information content (AvgIpc) is 3.63. The Hall–Kier alpha value is -2.92. The summed E-state index contributed by atoms with van der Waals surface area (Å²) in [5, 5.41) is 9.43. The third-order valence-electron chi connectivity index (χ3n) is 5.86. The van der Waals surface area contributed by atoms with Gasteiger partial charge in [-0.15, -0.1) is 0 Å². The lowest BCUT2D eigenvalue weighted by Crippen LogP contribution is -2.49. The van der Waals surface area contributed by atoms with E-state index in [0.717, 1.165) is 24.2 Å². The van der Waals surface area contributed by atoms with Gasteiger partial charge in [-0.3, -0.25) is 4.79 Å². The number of hydrogen-bond donors (Lipinski definition) is 3. The number of hydrogen-bond acceptors (Lipinski definition) is 8. The van der Waals surface area contributed by atoms with Crippen molar-refractivity contribution in [2.24, 2.45) is 0 Å². The normalized spacial score (nSPS) is 17.0. The highest BCUT2D eigenvalue weighted by atomic mass is 32.2. The highest BCUT2D eigenvalue weighted by molar-refractivity contribution is 7.89. The largest absolute Gasteiger partial charge is 0.369 e. The Morgan fingerprint density at radius 3 is 2.38 bits per heavy atom. The molecule has 1 aliphatic heterocycles. The number of nitrogens with one attached hydrogen (secondary N) is 3. The van der Waals surface area contributed by atoms with Gasteiger partial charge in [-0.25, -0.2) is 13.4 Å². The second-order valence-electron chi connectivity index (χ2n) is 8.96. The molecule has 10 nitrogen and oxygen atoms in total. The van der Waals surface area contributed by atoms with E-state index in [2.05, 4.69) is 30.8 Å². The van der Waals surface area contributed by atoms with E-state index >= 15 is 0 Å². The molecule has 2 heterocycles. The molecule has 4 rings (SSSR count). The first-order valence-electron chi connectivity index (χ1n) is 11.8.